The summed E-state index contributed by atoms with van der Waals surface area (Å²) in [5.74, 6) is -0.437. The summed E-state index contributed by atoms with van der Waals surface area (Å²) < 4.78 is 1.60. The van der Waals surface area contributed by atoms with E-state index in [9.17, 15) is 4.79 Å². The Kier molecular flexibility index (Phi) is 4.14. The topological polar surface area (TPSA) is 85.8 Å². The number of rotatable bonds is 6. The maximum absolute atomic E-state index is 12.2. The van der Waals surface area contributed by atoms with E-state index in [2.05, 4.69) is 15.4 Å². The molecular weight excluding hydrogens is 254 g/mol. The van der Waals surface area contributed by atoms with Crippen molar-refractivity contribution >= 4 is 5.91 Å². The minimum Gasteiger partial charge on any atom is -0.368 e. The van der Waals surface area contributed by atoms with E-state index in [1.807, 2.05) is 44.2 Å². The molecule has 6 heteroatoms. The average molecular weight is 273 g/mol. The molecule has 0 saturated carbocycles. The van der Waals surface area contributed by atoms with Crippen LogP contribution in [0, 0.1) is 0 Å². The van der Waals surface area contributed by atoms with Gasteiger partial charge in [0.15, 0.2) is 0 Å². The molecule has 0 aliphatic heterocycles. The molecule has 0 aliphatic rings. The van der Waals surface area contributed by atoms with Gasteiger partial charge in [-0.25, -0.2) is 4.98 Å². The highest BCUT2D eigenvalue weighted by Gasteiger charge is 2.39. The van der Waals surface area contributed by atoms with Gasteiger partial charge in [0.05, 0.1) is 6.54 Å². The standard InChI is InChI=1S/C14H19N5O/c1-11(2)18-14(13(15)20,8-19-10-16-9-17-19)12-6-4-3-5-7-12/h3-7,9-11,18H,8H2,1-2H3,(H2,15,20). The largest absolute Gasteiger partial charge is 0.368 e. The number of carbonyl (C=O) groups is 1. The van der Waals surface area contributed by atoms with Gasteiger partial charge in [0.1, 0.15) is 18.2 Å². The molecule has 106 valence electrons. The van der Waals surface area contributed by atoms with E-state index in [-0.39, 0.29) is 6.04 Å². The summed E-state index contributed by atoms with van der Waals surface area (Å²) in [5.41, 5.74) is 5.51. The van der Waals surface area contributed by atoms with E-state index in [1.165, 1.54) is 6.33 Å². The van der Waals surface area contributed by atoms with Crippen LogP contribution in [0.4, 0.5) is 0 Å². The van der Waals surface area contributed by atoms with Crippen molar-refractivity contribution < 1.29 is 4.79 Å². The third-order valence-corrected chi connectivity index (χ3v) is 3.09. The molecule has 0 bridgehead atoms. The van der Waals surface area contributed by atoms with Crippen LogP contribution < -0.4 is 11.1 Å². The fourth-order valence-electron chi connectivity index (χ4n) is 2.28. The van der Waals surface area contributed by atoms with Crippen LogP contribution >= 0.6 is 0 Å². The molecule has 1 heterocycles. The van der Waals surface area contributed by atoms with Crippen molar-refractivity contribution in [2.24, 2.45) is 5.73 Å². The first-order valence-corrected chi connectivity index (χ1v) is 6.50. The van der Waals surface area contributed by atoms with E-state index in [0.717, 1.165) is 5.56 Å². The third kappa shape index (κ3) is 2.85. The monoisotopic (exact) mass is 273 g/mol. The van der Waals surface area contributed by atoms with Gasteiger partial charge in [0.25, 0.3) is 0 Å². The summed E-state index contributed by atoms with van der Waals surface area (Å²) in [6.07, 6.45) is 3.01. The number of hydrogen-bond donors (Lipinski definition) is 2. The van der Waals surface area contributed by atoms with Gasteiger partial charge in [0, 0.05) is 6.04 Å². The Hall–Kier alpha value is -2.21. The third-order valence-electron chi connectivity index (χ3n) is 3.09. The number of benzene rings is 1. The van der Waals surface area contributed by atoms with Crippen molar-refractivity contribution in [2.45, 2.75) is 32.0 Å². The molecule has 0 saturated heterocycles. The number of nitrogens with zero attached hydrogens (tertiary/aromatic N) is 3. The Morgan fingerprint density at radius 2 is 2.10 bits per heavy atom. The average Bonchev–Trinajstić information content (AvgIpc) is 2.91. The number of hydrogen-bond acceptors (Lipinski definition) is 4. The predicted octanol–water partition coefficient (Wildman–Crippen LogP) is 0.657. The van der Waals surface area contributed by atoms with Crippen molar-refractivity contribution in [3.05, 3.63) is 48.5 Å². The molecule has 0 aliphatic carbocycles. The van der Waals surface area contributed by atoms with Crippen LogP contribution in [-0.4, -0.2) is 26.7 Å². The summed E-state index contributed by atoms with van der Waals surface area (Å²) in [6, 6.07) is 9.53. The van der Waals surface area contributed by atoms with Gasteiger partial charge in [0.2, 0.25) is 5.91 Å². The molecule has 1 aromatic carbocycles. The van der Waals surface area contributed by atoms with Crippen LogP contribution in [0.2, 0.25) is 0 Å². The van der Waals surface area contributed by atoms with E-state index < -0.39 is 11.4 Å². The van der Waals surface area contributed by atoms with E-state index in [0.29, 0.717) is 6.54 Å². The van der Waals surface area contributed by atoms with E-state index in [1.54, 1.807) is 11.0 Å². The highest BCUT2D eigenvalue weighted by Crippen LogP contribution is 2.24. The van der Waals surface area contributed by atoms with Crippen LogP contribution in [-0.2, 0) is 16.9 Å². The fourth-order valence-corrected chi connectivity index (χ4v) is 2.28. The molecule has 2 aromatic rings. The number of aromatic nitrogens is 3. The summed E-state index contributed by atoms with van der Waals surface area (Å²) in [6.45, 7) is 4.24. The maximum Gasteiger partial charge on any atom is 0.244 e. The Balaban J connectivity index is 2.47. The van der Waals surface area contributed by atoms with Crippen LogP contribution in [0.25, 0.3) is 0 Å². The van der Waals surface area contributed by atoms with Crippen LogP contribution in [0.15, 0.2) is 43.0 Å². The molecule has 6 nitrogen and oxygen atoms in total. The van der Waals surface area contributed by atoms with Crippen molar-refractivity contribution in [3.8, 4) is 0 Å². The maximum atomic E-state index is 12.2. The molecular formula is C14H19N5O. The minimum absolute atomic E-state index is 0.0891. The molecule has 20 heavy (non-hydrogen) atoms. The first kappa shape index (κ1) is 14.2. The Labute approximate surface area is 118 Å². The number of nitrogens with two attached hydrogens (primary N) is 1. The zero-order chi connectivity index (χ0) is 14.6. The zero-order valence-electron chi connectivity index (χ0n) is 11.7. The molecule has 0 spiro atoms. The molecule has 1 aromatic heterocycles. The minimum atomic E-state index is -1.01. The smallest absolute Gasteiger partial charge is 0.244 e. The van der Waals surface area contributed by atoms with Crippen LogP contribution in [0.1, 0.15) is 19.4 Å². The number of amides is 1. The van der Waals surface area contributed by atoms with Gasteiger partial charge in [-0.15, -0.1) is 0 Å². The van der Waals surface area contributed by atoms with E-state index >= 15 is 0 Å². The fraction of sp³-hybridized carbons (Fsp3) is 0.357. The van der Waals surface area contributed by atoms with Gasteiger partial charge < -0.3 is 5.73 Å². The molecule has 0 fully saturated rings. The lowest BCUT2D eigenvalue weighted by Crippen LogP contribution is -2.57. The summed E-state index contributed by atoms with van der Waals surface area (Å²) in [7, 11) is 0. The van der Waals surface area contributed by atoms with Gasteiger partial charge in [-0.3, -0.25) is 14.8 Å². The van der Waals surface area contributed by atoms with Crippen molar-refractivity contribution in [3.63, 3.8) is 0 Å². The van der Waals surface area contributed by atoms with Crippen LogP contribution in [0.5, 0.6) is 0 Å². The number of nitrogens with one attached hydrogen (secondary N) is 1. The Morgan fingerprint density at radius 1 is 1.40 bits per heavy atom. The predicted molar refractivity (Wildman–Crippen MR) is 75.6 cm³/mol. The van der Waals surface area contributed by atoms with Crippen molar-refractivity contribution in [1.82, 2.24) is 20.1 Å². The number of carbonyl (C=O) groups excluding carboxylic acids is 1. The normalized spacial score (nSPS) is 14.2. The molecule has 1 amide bonds. The second kappa shape index (κ2) is 5.83. The van der Waals surface area contributed by atoms with Gasteiger partial charge in [-0.2, -0.15) is 5.10 Å². The van der Waals surface area contributed by atoms with Gasteiger partial charge >= 0.3 is 0 Å². The zero-order valence-corrected chi connectivity index (χ0v) is 11.7. The lowest BCUT2D eigenvalue weighted by molar-refractivity contribution is -0.126. The second-order valence-electron chi connectivity index (χ2n) is 5.03. The first-order chi connectivity index (χ1) is 9.54. The Morgan fingerprint density at radius 3 is 2.60 bits per heavy atom. The highest BCUT2D eigenvalue weighted by atomic mass is 16.1. The lowest BCUT2D eigenvalue weighted by atomic mass is 9.88. The SMILES string of the molecule is CC(C)NC(Cn1cncn1)(C(N)=O)c1ccccc1. The molecule has 2 rings (SSSR count). The van der Waals surface area contributed by atoms with Crippen molar-refractivity contribution in [1.29, 1.82) is 0 Å². The molecule has 0 radical (unpaired) electrons. The summed E-state index contributed by atoms with van der Waals surface area (Å²) >= 11 is 0. The highest BCUT2D eigenvalue weighted by molar-refractivity contribution is 5.86. The quantitative estimate of drug-likeness (QED) is 0.809. The molecule has 3 N–H and O–H groups in total. The van der Waals surface area contributed by atoms with Gasteiger partial charge in [-0.05, 0) is 19.4 Å². The van der Waals surface area contributed by atoms with Crippen LogP contribution in [0.3, 0.4) is 0 Å². The molecule has 1 atom stereocenters. The first-order valence-electron chi connectivity index (χ1n) is 6.50. The van der Waals surface area contributed by atoms with Crippen molar-refractivity contribution in [2.75, 3.05) is 0 Å². The summed E-state index contributed by atoms with van der Waals surface area (Å²) in [5, 5.41) is 7.36. The molecule has 1 unspecified atom stereocenters. The summed E-state index contributed by atoms with van der Waals surface area (Å²) in [4.78, 5) is 16.1. The second-order valence-corrected chi connectivity index (χ2v) is 5.03. The van der Waals surface area contributed by atoms with Gasteiger partial charge in [-0.1, -0.05) is 30.3 Å². The Bertz CT molecular complexity index is 552. The number of primary amides is 1. The van der Waals surface area contributed by atoms with E-state index in [4.69, 9.17) is 5.73 Å². The lowest BCUT2D eigenvalue weighted by Gasteiger charge is -2.34.